The average Bonchev–Trinajstić information content (AvgIpc) is 3.29. The van der Waals surface area contributed by atoms with Gasteiger partial charge in [-0.15, -0.1) is 0 Å². The number of aromatic nitrogens is 1. The van der Waals surface area contributed by atoms with Crippen molar-refractivity contribution in [1.29, 1.82) is 0 Å². The van der Waals surface area contributed by atoms with Crippen LogP contribution in [0.25, 0.3) is 61.8 Å². The highest BCUT2D eigenvalue weighted by Gasteiger charge is 2.19. The lowest BCUT2D eigenvalue weighted by Gasteiger charge is -2.04. The van der Waals surface area contributed by atoms with Gasteiger partial charge in [0.05, 0.1) is 11.1 Å². The molecule has 1 aliphatic rings. The van der Waals surface area contributed by atoms with E-state index in [1.54, 1.807) is 0 Å². The molecule has 3 heteroatoms. The van der Waals surface area contributed by atoms with E-state index in [0.717, 1.165) is 51.2 Å². The van der Waals surface area contributed by atoms with Crippen LogP contribution in [-0.2, 0) is 0 Å². The quantitative estimate of drug-likeness (QED) is 0.455. The summed E-state index contributed by atoms with van der Waals surface area (Å²) in [5.41, 5.74) is 12.7. The van der Waals surface area contributed by atoms with E-state index < -0.39 is 0 Å². The molecule has 5 aromatic rings. The molecule has 0 spiro atoms. The van der Waals surface area contributed by atoms with Crippen LogP contribution in [0.2, 0.25) is 0 Å². The van der Waals surface area contributed by atoms with Gasteiger partial charge in [-0.2, -0.15) is 0 Å². The molecule has 0 amide bonds. The van der Waals surface area contributed by atoms with Gasteiger partial charge in [0.15, 0.2) is 0 Å². The third kappa shape index (κ3) is 2.31. The van der Waals surface area contributed by atoms with Crippen LogP contribution in [0.4, 0.5) is 0 Å². The van der Waals surface area contributed by atoms with Gasteiger partial charge in [-0.25, -0.2) is 0 Å². The Hall–Kier alpha value is -3.72. The fourth-order valence-electron chi connectivity index (χ4n) is 4.55. The number of nitrogens with two attached hydrogens (primary N) is 1. The minimum atomic E-state index is 0.515. The molecule has 2 heterocycles. The fourth-order valence-corrected chi connectivity index (χ4v) is 4.55. The molecule has 1 aliphatic carbocycles. The van der Waals surface area contributed by atoms with Crippen molar-refractivity contribution in [2.24, 2.45) is 5.73 Å². The van der Waals surface area contributed by atoms with Crippen LogP contribution in [0.3, 0.4) is 0 Å². The van der Waals surface area contributed by atoms with Crippen LogP contribution >= 0.6 is 0 Å². The molecule has 0 unspecified atom stereocenters. The van der Waals surface area contributed by atoms with E-state index in [1.807, 2.05) is 12.1 Å². The van der Waals surface area contributed by atoms with E-state index >= 15 is 0 Å². The minimum Gasteiger partial charge on any atom is -0.455 e. The summed E-state index contributed by atoms with van der Waals surface area (Å²) in [7, 11) is 0. The Kier molecular flexibility index (Phi) is 3.30. The Bertz CT molecular complexity index is 1570. The molecule has 2 aromatic heterocycles. The van der Waals surface area contributed by atoms with Crippen LogP contribution < -0.4 is 16.3 Å². The first-order valence-electron chi connectivity index (χ1n) is 9.92. The Balaban J connectivity index is 1.77. The maximum absolute atomic E-state index is 6.29. The maximum Gasteiger partial charge on any atom is 0.146 e. The number of H-pyrrole nitrogens is 1. The van der Waals surface area contributed by atoms with Crippen molar-refractivity contribution in [2.45, 2.75) is 12.8 Å². The molecule has 6 rings (SSSR count). The molecule has 0 fully saturated rings. The average molecular weight is 376 g/mol. The van der Waals surface area contributed by atoms with E-state index in [9.17, 15) is 0 Å². The van der Waals surface area contributed by atoms with Gasteiger partial charge in [-0.1, -0.05) is 55.1 Å². The number of fused-ring (bicyclic) bond motifs is 6. The topological polar surface area (TPSA) is 55.0 Å². The van der Waals surface area contributed by atoms with Crippen molar-refractivity contribution in [3.8, 4) is 11.1 Å². The van der Waals surface area contributed by atoms with Crippen molar-refractivity contribution >= 4 is 50.7 Å². The van der Waals surface area contributed by atoms with Gasteiger partial charge in [0, 0.05) is 32.4 Å². The van der Waals surface area contributed by atoms with Crippen molar-refractivity contribution in [1.82, 2.24) is 4.98 Å². The molecule has 0 saturated carbocycles. The zero-order valence-corrected chi connectivity index (χ0v) is 16.0. The standard InChI is InChI=1S/C26H20N2O/c1-15(27)24-25-20(18-9-5-6-10-22(18)28-25)14-21-19-13-17(16-7-3-2-4-8-16)11-12-23(19)29-26(21)24/h2-4,7-14,28H,1,5-6,27H2. The van der Waals surface area contributed by atoms with Gasteiger partial charge in [-0.3, -0.25) is 0 Å². The Morgan fingerprint density at radius 2 is 1.72 bits per heavy atom. The van der Waals surface area contributed by atoms with Gasteiger partial charge >= 0.3 is 0 Å². The first-order valence-corrected chi connectivity index (χ1v) is 9.92. The summed E-state index contributed by atoms with van der Waals surface area (Å²) in [5.74, 6) is 0. The highest BCUT2D eigenvalue weighted by molar-refractivity contribution is 6.15. The summed E-state index contributed by atoms with van der Waals surface area (Å²) in [4.78, 5) is 3.55. The Morgan fingerprint density at radius 1 is 0.897 bits per heavy atom. The van der Waals surface area contributed by atoms with Gasteiger partial charge in [0.2, 0.25) is 0 Å². The lowest BCUT2D eigenvalue weighted by atomic mass is 9.99. The van der Waals surface area contributed by atoms with E-state index in [4.69, 9.17) is 10.2 Å². The van der Waals surface area contributed by atoms with Crippen LogP contribution in [0.5, 0.6) is 0 Å². The predicted octanol–water partition coefficient (Wildman–Crippen LogP) is 5.02. The van der Waals surface area contributed by atoms with Crippen LogP contribution in [0.1, 0.15) is 18.4 Å². The lowest BCUT2D eigenvalue weighted by Crippen LogP contribution is -2.24. The third-order valence-corrected chi connectivity index (χ3v) is 5.89. The number of furan rings is 1. The second-order valence-corrected chi connectivity index (χ2v) is 7.69. The number of rotatable bonds is 2. The molecule has 29 heavy (non-hydrogen) atoms. The lowest BCUT2D eigenvalue weighted by molar-refractivity contribution is 0.668. The van der Waals surface area contributed by atoms with Gasteiger partial charge in [-0.05, 0) is 42.2 Å². The van der Waals surface area contributed by atoms with Crippen molar-refractivity contribution in [3.05, 3.63) is 77.3 Å². The molecule has 0 atom stereocenters. The van der Waals surface area contributed by atoms with E-state index in [1.165, 1.54) is 21.7 Å². The molecule has 0 radical (unpaired) electrons. The molecule has 0 aliphatic heterocycles. The highest BCUT2D eigenvalue weighted by atomic mass is 16.3. The molecule has 3 N–H and O–H groups in total. The van der Waals surface area contributed by atoms with Gasteiger partial charge in [0.1, 0.15) is 11.2 Å². The number of benzene rings is 3. The van der Waals surface area contributed by atoms with Crippen LogP contribution in [0.15, 0.2) is 65.6 Å². The zero-order chi connectivity index (χ0) is 19.5. The first kappa shape index (κ1) is 16.3. The molecular formula is C26H20N2O. The fraction of sp³-hybridized carbons (Fsp3) is 0.0769. The first-order chi connectivity index (χ1) is 14.2. The van der Waals surface area contributed by atoms with Crippen molar-refractivity contribution in [3.63, 3.8) is 0 Å². The summed E-state index contributed by atoms with van der Waals surface area (Å²) in [6.07, 6.45) is 6.67. The second-order valence-electron chi connectivity index (χ2n) is 7.69. The maximum atomic E-state index is 6.29. The molecule has 140 valence electrons. The largest absolute Gasteiger partial charge is 0.455 e. The second kappa shape index (κ2) is 5.89. The van der Waals surface area contributed by atoms with E-state index in [2.05, 4.69) is 66.2 Å². The molecule has 3 aromatic carbocycles. The predicted molar refractivity (Wildman–Crippen MR) is 122 cm³/mol. The number of hydrogen-bond donors (Lipinski definition) is 2. The van der Waals surface area contributed by atoms with Crippen molar-refractivity contribution in [2.75, 3.05) is 0 Å². The molecule has 0 saturated heterocycles. The normalized spacial score (nSPS) is 13.4. The van der Waals surface area contributed by atoms with E-state index in [0.29, 0.717) is 5.70 Å². The van der Waals surface area contributed by atoms with Crippen LogP contribution in [0, 0.1) is 0 Å². The Labute approximate surface area is 167 Å². The van der Waals surface area contributed by atoms with Crippen LogP contribution in [-0.4, -0.2) is 4.98 Å². The third-order valence-electron chi connectivity index (χ3n) is 5.89. The summed E-state index contributed by atoms with van der Waals surface area (Å²) in [6.45, 7) is 4.04. The van der Waals surface area contributed by atoms with E-state index in [-0.39, 0.29) is 0 Å². The number of aromatic amines is 1. The summed E-state index contributed by atoms with van der Waals surface area (Å²) in [6, 6.07) is 19.0. The van der Waals surface area contributed by atoms with Crippen molar-refractivity contribution < 1.29 is 4.42 Å². The molecule has 3 nitrogen and oxygen atoms in total. The summed E-state index contributed by atoms with van der Waals surface area (Å²) < 4.78 is 6.29. The summed E-state index contributed by atoms with van der Waals surface area (Å²) in [5, 5.41) is 5.77. The zero-order valence-electron chi connectivity index (χ0n) is 16.0. The van der Waals surface area contributed by atoms with Gasteiger partial charge < -0.3 is 15.1 Å². The monoisotopic (exact) mass is 376 g/mol. The van der Waals surface area contributed by atoms with Gasteiger partial charge in [0.25, 0.3) is 0 Å². The molecule has 0 bridgehead atoms. The molecular weight excluding hydrogens is 356 g/mol. The smallest absolute Gasteiger partial charge is 0.146 e. The minimum absolute atomic E-state index is 0.515. The Morgan fingerprint density at radius 3 is 2.55 bits per heavy atom. The number of nitrogens with one attached hydrogen (secondary N) is 1. The highest BCUT2D eigenvalue weighted by Crippen LogP contribution is 2.37. The number of hydrogen-bond acceptors (Lipinski definition) is 2. The summed E-state index contributed by atoms with van der Waals surface area (Å²) >= 11 is 0. The SMILES string of the molecule is C=C(N)c1c2[nH]c3c(c2cc2c1oc1ccc(-c4ccccc4)cc12)=CCCC=3.